The lowest BCUT2D eigenvalue weighted by atomic mass is 9.91. The molecule has 0 atom stereocenters. The van der Waals surface area contributed by atoms with E-state index in [-0.39, 0.29) is 5.76 Å². The minimum Gasteiger partial charge on any atom is -0.507 e. The summed E-state index contributed by atoms with van der Waals surface area (Å²) in [5.41, 5.74) is -5.26. The van der Waals surface area contributed by atoms with Crippen molar-refractivity contribution in [1.29, 1.82) is 0 Å². The van der Waals surface area contributed by atoms with Crippen LogP contribution in [0.2, 0.25) is 0 Å². The van der Waals surface area contributed by atoms with E-state index in [9.17, 15) is 29.4 Å². The lowest BCUT2D eigenvalue weighted by Gasteiger charge is -2.28. The summed E-state index contributed by atoms with van der Waals surface area (Å²) in [4.78, 5) is 45.7. The van der Waals surface area contributed by atoms with Gasteiger partial charge in [0.1, 0.15) is 17.1 Å². The van der Waals surface area contributed by atoms with E-state index in [1.807, 2.05) is 0 Å². The van der Waals surface area contributed by atoms with Crippen LogP contribution in [0.3, 0.4) is 0 Å². The fourth-order valence-corrected chi connectivity index (χ4v) is 1.68. The Morgan fingerprint density at radius 3 is 2.16 bits per heavy atom. The molecule has 0 unspecified atom stereocenters. The van der Waals surface area contributed by atoms with Gasteiger partial charge in [0.05, 0.1) is 0 Å². The number of imide groups is 2. The van der Waals surface area contributed by atoms with Crippen LogP contribution in [0.5, 0.6) is 5.75 Å². The molecule has 0 spiro atoms. The largest absolute Gasteiger partial charge is 0.507 e. The van der Waals surface area contributed by atoms with E-state index in [1.165, 1.54) is 6.92 Å². The molecule has 1 fully saturated rings. The number of nitrogens with one attached hydrogen (secondary N) is 2. The van der Waals surface area contributed by atoms with E-state index in [1.54, 1.807) is 10.6 Å². The Balaban J connectivity index is 2.69. The second-order valence-electron chi connectivity index (χ2n) is 3.85. The molecule has 1 saturated heterocycles. The van der Waals surface area contributed by atoms with E-state index in [4.69, 9.17) is 0 Å². The number of aliphatic hydroxyl groups is 1. The number of hydrogen-bond acceptors (Lipinski definition) is 7. The lowest BCUT2D eigenvalue weighted by molar-refractivity contribution is -0.156. The smallest absolute Gasteiger partial charge is 0.346 e. The van der Waals surface area contributed by atoms with Crippen molar-refractivity contribution >= 4 is 17.8 Å². The Labute approximate surface area is 104 Å². The van der Waals surface area contributed by atoms with Crippen molar-refractivity contribution in [1.82, 2.24) is 10.6 Å². The monoisotopic (exact) mass is 268 g/mol. The van der Waals surface area contributed by atoms with Crippen molar-refractivity contribution in [2.24, 2.45) is 0 Å². The van der Waals surface area contributed by atoms with Gasteiger partial charge in [-0.05, 0) is 6.92 Å². The lowest BCUT2D eigenvalue weighted by Crippen LogP contribution is -2.65. The topological polar surface area (TPSA) is 146 Å². The van der Waals surface area contributed by atoms with Crippen LogP contribution in [0.1, 0.15) is 11.3 Å². The third kappa shape index (κ3) is 1.76. The number of urea groups is 1. The van der Waals surface area contributed by atoms with Gasteiger partial charge in [-0.3, -0.25) is 20.2 Å². The first-order valence-corrected chi connectivity index (χ1v) is 5.00. The highest BCUT2D eigenvalue weighted by molar-refractivity contribution is 6.21. The fourth-order valence-electron chi connectivity index (χ4n) is 1.68. The summed E-state index contributed by atoms with van der Waals surface area (Å²) in [6.07, 6.45) is 0. The predicted molar refractivity (Wildman–Crippen MR) is 57.0 cm³/mol. The van der Waals surface area contributed by atoms with Crippen molar-refractivity contribution in [2.75, 3.05) is 0 Å². The van der Waals surface area contributed by atoms with Gasteiger partial charge < -0.3 is 14.6 Å². The molecule has 2 heterocycles. The van der Waals surface area contributed by atoms with Crippen LogP contribution in [0, 0.1) is 6.92 Å². The molecule has 0 aliphatic carbocycles. The van der Waals surface area contributed by atoms with E-state index < -0.39 is 40.4 Å². The van der Waals surface area contributed by atoms with Gasteiger partial charge in [-0.2, -0.15) is 0 Å². The predicted octanol–water partition coefficient (Wildman–Crippen LogP) is -1.79. The Morgan fingerprint density at radius 1 is 1.16 bits per heavy atom. The van der Waals surface area contributed by atoms with Gasteiger partial charge in [-0.15, -0.1) is 0 Å². The summed E-state index contributed by atoms with van der Waals surface area (Å²) in [6.45, 7) is 1.35. The summed E-state index contributed by atoms with van der Waals surface area (Å²) in [5.74, 6) is -3.68. The zero-order valence-corrected chi connectivity index (χ0v) is 9.51. The van der Waals surface area contributed by atoms with Gasteiger partial charge in [-0.1, -0.05) is 0 Å². The molecule has 100 valence electrons. The number of hydrogen-bond donors (Lipinski definition) is 4. The van der Waals surface area contributed by atoms with Crippen molar-refractivity contribution in [3.63, 3.8) is 0 Å². The first-order valence-electron chi connectivity index (χ1n) is 5.00. The van der Waals surface area contributed by atoms with Crippen LogP contribution in [-0.2, 0) is 15.2 Å². The van der Waals surface area contributed by atoms with E-state index >= 15 is 0 Å². The van der Waals surface area contributed by atoms with Crippen LogP contribution in [-0.4, -0.2) is 28.1 Å². The molecule has 1 aromatic heterocycles. The normalized spacial score (nSPS) is 17.9. The molecule has 0 bridgehead atoms. The van der Waals surface area contributed by atoms with Crippen LogP contribution in [0.4, 0.5) is 4.79 Å². The molecule has 1 aliphatic heterocycles. The van der Waals surface area contributed by atoms with E-state index in [0.717, 1.165) is 6.07 Å². The zero-order chi connectivity index (χ0) is 14.4. The summed E-state index contributed by atoms with van der Waals surface area (Å²) in [7, 11) is 0. The minimum atomic E-state index is -3.04. The Bertz CT molecular complexity index is 640. The van der Waals surface area contributed by atoms with Crippen molar-refractivity contribution < 1.29 is 29.0 Å². The molecular weight excluding hydrogens is 260 g/mol. The number of aromatic hydroxyl groups is 1. The molecular formula is C10H8N2O7. The van der Waals surface area contributed by atoms with Crippen molar-refractivity contribution in [2.45, 2.75) is 12.5 Å². The highest BCUT2D eigenvalue weighted by Crippen LogP contribution is 2.29. The van der Waals surface area contributed by atoms with Crippen molar-refractivity contribution in [3.05, 3.63) is 27.8 Å². The number of carbonyl (C=O) groups is 3. The van der Waals surface area contributed by atoms with Crippen LogP contribution >= 0.6 is 0 Å². The SMILES string of the molecule is Cc1cc(O)c(C2(O)C(=O)NC(=O)NC2=O)c(=O)o1. The summed E-state index contributed by atoms with van der Waals surface area (Å²) < 4.78 is 4.61. The van der Waals surface area contributed by atoms with Gasteiger partial charge in [0, 0.05) is 6.07 Å². The number of aryl methyl sites for hydroxylation is 1. The number of barbiturate groups is 1. The molecule has 0 radical (unpaired) electrons. The molecule has 4 amide bonds. The molecule has 9 heteroatoms. The fraction of sp³-hybridized carbons (Fsp3) is 0.200. The van der Waals surface area contributed by atoms with Crippen LogP contribution in [0.15, 0.2) is 15.3 Å². The van der Waals surface area contributed by atoms with Gasteiger partial charge in [0.25, 0.3) is 17.4 Å². The second kappa shape index (κ2) is 3.92. The van der Waals surface area contributed by atoms with Gasteiger partial charge in [-0.25, -0.2) is 9.59 Å². The van der Waals surface area contributed by atoms with Crippen LogP contribution < -0.4 is 16.3 Å². The molecule has 4 N–H and O–H groups in total. The molecule has 0 saturated carbocycles. The molecule has 1 aromatic rings. The summed E-state index contributed by atoms with van der Waals surface area (Å²) in [5, 5.41) is 22.9. The third-order valence-corrected chi connectivity index (χ3v) is 2.53. The van der Waals surface area contributed by atoms with E-state index in [0.29, 0.717) is 0 Å². The summed E-state index contributed by atoms with van der Waals surface area (Å²) >= 11 is 0. The standard InChI is InChI=1S/C10H8N2O7/c1-3-2-4(13)5(6(14)19-3)10(18)7(15)11-9(17)12-8(10)16/h2,13,18H,1H3,(H2,11,12,15,16,17). The van der Waals surface area contributed by atoms with E-state index in [2.05, 4.69) is 4.42 Å². The van der Waals surface area contributed by atoms with Crippen molar-refractivity contribution in [3.8, 4) is 5.75 Å². The maximum absolute atomic E-state index is 11.6. The first kappa shape index (κ1) is 12.8. The quantitative estimate of drug-likeness (QED) is 0.440. The highest BCUT2D eigenvalue weighted by atomic mass is 16.4. The highest BCUT2D eigenvalue weighted by Gasteiger charge is 2.54. The Hall–Kier alpha value is -2.68. The maximum Gasteiger partial charge on any atom is 0.346 e. The number of carbonyl (C=O) groups excluding carboxylic acids is 3. The number of amides is 4. The molecule has 1 aliphatic rings. The van der Waals surface area contributed by atoms with Gasteiger partial charge in [0.15, 0.2) is 0 Å². The average Bonchev–Trinajstić information content (AvgIpc) is 2.24. The first-order chi connectivity index (χ1) is 8.76. The molecule has 19 heavy (non-hydrogen) atoms. The zero-order valence-electron chi connectivity index (χ0n) is 9.51. The third-order valence-electron chi connectivity index (χ3n) is 2.53. The van der Waals surface area contributed by atoms with Gasteiger partial charge >= 0.3 is 11.7 Å². The summed E-state index contributed by atoms with van der Waals surface area (Å²) in [6, 6.07) is -0.193. The Morgan fingerprint density at radius 2 is 1.68 bits per heavy atom. The molecule has 2 rings (SSSR count). The van der Waals surface area contributed by atoms with Crippen LogP contribution in [0.25, 0.3) is 0 Å². The van der Waals surface area contributed by atoms with Gasteiger partial charge in [0.2, 0.25) is 0 Å². The average molecular weight is 268 g/mol. The Kier molecular flexibility index (Phi) is 2.63. The minimum absolute atomic E-state index is 0.0163. The second-order valence-corrected chi connectivity index (χ2v) is 3.85. The number of rotatable bonds is 1. The molecule has 9 nitrogen and oxygen atoms in total. The molecule has 0 aromatic carbocycles. The maximum atomic E-state index is 11.6.